The van der Waals surface area contributed by atoms with Crippen LogP contribution in [-0.4, -0.2) is 20.7 Å². The van der Waals surface area contributed by atoms with E-state index < -0.39 is 0 Å². The lowest BCUT2D eigenvalue weighted by Gasteiger charge is -2.03. The summed E-state index contributed by atoms with van der Waals surface area (Å²) in [7, 11) is 1.77. The number of halogens is 1. The molecule has 0 fully saturated rings. The van der Waals surface area contributed by atoms with Crippen LogP contribution in [-0.2, 0) is 7.05 Å². The molecule has 114 valence electrons. The van der Waals surface area contributed by atoms with Crippen LogP contribution in [0.3, 0.4) is 0 Å². The van der Waals surface area contributed by atoms with E-state index in [4.69, 9.17) is 0 Å². The third kappa shape index (κ3) is 2.59. The number of nitrogens with zero attached hydrogens (tertiary/aromatic N) is 3. The first-order valence-corrected chi connectivity index (χ1v) is 7.67. The fraction of sp³-hybridized carbons (Fsp3) is 0.267. The van der Waals surface area contributed by atoms with Crippen LogP contribution in [0.1, 0.15) is 35.3 Å². The van der Waals surface area contributed by atoms with Gasteiger partial charge in [-0.15, -0.1) is 10.2 Å². The monoisotopic (exact) mass is 318 g/mol. The fourth-order valence-corrected chi connectivity index (χ4v) is 2.96. The van der Waals surface area contributed by atoms with E-state index in [0.717, 1.165) is 10.5 Å². The summed E-state index contributed by atoms with van der Waals surface area (Å²) in [5.41, 5.74) is 1.24. The maximum absolute atomic E-state index is 13.3. The molecule has 0 aliphatic carbocycles. The third-order valence-corrected chi connectivity index (χ3v) is 4.53. The SMILES string of the molecule is CC(C)c1nnc(NC(=O)c2cc3cc(F)ccc3n2C)s1. The third-order valence-electron chi connectivity index (χ3n) is 3.39. The number of hydrogen-bond acceptors (Lipinski definition) is 4. The molecule has 3 rings (SSSR count). The molecule has 0 aliphatic heterocycles. The van der Waals surface area contributed by atoms with Crippen molar-refractivity contribution in [2.24, 2.45) is 7.05 Å². The molecule has 2 heterocycles. The Hall–Kier alpha value is -2.28. The van der Waals surface area contributed by atoms with Crippen LogP contribution >= 0.6 is 11.3 Å². The molecule has 1 amide bonds. The molecular formula is C15H15FN4OS. The van der Waals surface area contributed by atoms with Crippen molar-refractivity contribution in [1.82, 2.24) is 14.8 Å². The molecule has 0 aliphatic rings. The lowest BCUT2D eigenvalue weighted by atomic mass is 10.2. The van der Waals surface area contributed by atoms with Gasteiger partial charge < -0.3 is 4.57 Å². The van der Waals surface area contributed by atoms with Crippen molar-refractivity contribution in [1.29, 1.82) is 0 Å². The van der Waals surface area contributed by atoms with Gasteiger partial charge in [-0.3, -0.25) is 10.1 Å². The minimum absolute atomic E-state index is 0.267. The van der Waals surface area contributed by atoms with Gasteiger partial charge in [0.25, 0.3) is 5.91 Å². The average molecular weight is 318 g/mol. The summed E-state index contributed by atoms with van der Waals surface area (Å²) in [6, 6.07) is 6.11. The summed E-state index contributed by atoms with van der Waals surface area (Å²) in [6.07, 6.45) is 0. The van der Waals surface area contributed by atoms with Crippen LogP contribution in [0.4, 0.5) is 9.52 Å². The minimum Gasteiger partial charge on any atom is -0.340 e. The van der Waals surface area contributed by atoms with Crippen LogP contribution in [0.2, 0.25) is 0 Å². The predicted octanol–water partition coefficient (Wildman–Crippen LogP) is 3.54. The first kappa shape index (κ1) is 14.6. The molecule has 1 aromatic carbocycles. The van der Waals surface area contributed by atoms with Crippen molar-refractivity contribution >= 4 is 33.3 Å². The zero-order valence-corrected chi connectivity index (χ0v) is 13.2. The highest BCUT2D eigenvalue weighted by atomic mass is 32.1. The normalized spacial score (nSPS) is 11.3. The second-order valence-electron chi connectivity index (χ2n) is 5.35. The Morgan fingerprint density at radius 3 is 2.77 bits per heavy atom. The topological polar surface area (TPSA) is 59.8 Å². The van der Waals surface area contributed by atoms with Crippen molar-refractivity contribution < 1.29 is 9.18 Å². The number of aryl methyl sites for hydroxylation is 1. The number of benzene rings is 1. The average Bonchev–Trinajstić information content (AvgIpc) is 3.04. The highest BCUT2D eigenvalue weighted by molar-refractivity contribution is 7.15. The van der Waals surface area contributed by atoms with E-state index in [2.05, 4.69) is 15.5 Å². The Balaban J connectivity index is 1.89. The summed E-state index contributed by atoms with van der Waals surface area (Å²) in [5, 5.41) is 12.8. The quantitative estimate of drug-likeness (QED) is 0.803. The first-order chi connectivity index (χ1) is 10.5. The van der Waals surface area contributed by atoms with Gasteiger partial charge >= 0.3 is 0 Å². The van der Waals surface area contributed by atoms with Gasteiger partial charge in [-0.05, 0) is 24.3 Å². The molecule has 0 bridgehead atoms. The molecule has 1 N–H and O–H groups in total. The maximum Gasteiger partial charge on any atom is 0.274 e. The molecule has 0 radical (unpaired) electrons. The van der Waals surface area contributed by atoms with Gasteiger partial charge in [0, 0.05) is 23.9 Å². The number of amides is 1. The highest BCUT2D eigenvalue weighted by Gasteiger charge is 2.16. The number of carbonyl (C=O) groups excluding carboxylic acids is 1. The zero-order valence-electron chi connectivity index (χ0n) is 12.4. The van der Waals surface area contributed by atoms with Crippen molar-refractivity contribution in [3.63, 3.8) is 0 Å². The highest BCUT2D eigenvalue weighted by Crippen LogP contribution is 2.24. The Morgan fingerprint density at radius 1 is 1.32 bits per heavy atom. The van der Waals surface area contributed by atoms with E-state index in [-0.39, 0.29) is 17.6 Å². The van der Waals surface area contributed by atoms with Crippen LogP contribution in [0.25, 0.3) is 10.9 Å². The smallest absolute Gasteiger partial charge is 0.274 e. The van der Waals surface area contributed by atoms with Gasteiger partial charge in [0.1, 0.15) is 16.5 Å². The van der Waals surface area contributed by atoms with Crippen molar-refractivity contribution in [2.75, 3.05) is 5.32 Å². The van der Waals surface area contributed by atoms with Crippen molar-refractivity contribution in [2.45, 2.75) is 19.8 Å². The largest absolute Gasteiger partial charge is 0.340 e. The van der Waals surface area contributed by atoms with Gasteiger partial charge in [-0.2, -0.15) is 0 Å². The standard InChI is InChI=1S/C15H15FN4OS/c1-8(2)14-18-19-15(22-14)17-13(21)12-7-9-6-10(16)4-5-11(9)20(12)3/h4-8H,1-3H3,(H,17,19,21). The molecular weight excluding hydrogens is 303 g/mol. The summed E-state index contributed by atoms with van der Waals surface area (Å²) in [6.45, 7) is 4.04. The number of aromatic nitrogens is 3. The fourth-order valence-electron chi connectivity index (χ4n) is 2.22. The molecule has 0 saturated carbocycles. The van der Waals surface area contributed by atoms with Gasteiger partial charge in [-0.25, -0.2) is 4.39 Å². The lowest BCUT2D eigenvalue weighted by molar-refractivity contribution is 0.101. The summed E-state index contributed by atoms with van der Waals surface area (Å²) >= 11 is 1.36. The number of anilines is 1. The van der Waals surface area contributed by atoms with Crippen molar-refractivity contribution in [3.8, 4) is 0 Å². The van der Waals surface area contributed by atoms with Gasteiger partial charge in [-0.1, -0.05) is 25.2 Å². The van der Waals surface area contributed by atoms with Crippen LogP contribution in [0.5, 0.6) is 0 Å². The molecule has 7 heteroatoms. The summed E-state index contributed by atoms with van der Waals surface area (Å²) in [4.78, 5) is 12.4. The Bertz CT molecular complexity index is 852. The van der Waals surface area contributed by atoms with E-state index in [1.165, 1.54) is 23.5 Å². The Morgan fingerprint density at radius 2 is 2.09 bits per heavy atom. The maximum atomic E-state index is 13.3. The number of rotatable bonds is 3. The second-order valence-corrected chi connectivity index (χ2v) is 6.36. The van der Waals surface area contributed by atoms with Gasteiger partial charge in [0.05, 0.1) is 0 Å². The number of hydrogen-bond donors (Lipinski definition) is 1. The number of fused-ring (bicyclic) bond motifs is 1. The molecule has 0 unspecified atom stereocenters. The molecule has 2 aromatic heterocycles. The molecule has 5 nitrogen and oxygen atoms in total. The zero-order chi connectivity index (χ0) is 15.9. The number of nitrogens with one attached hydrogen (secondary N) is 1. The molecule has 22 heavy (non-hydrogen) atoms. The van der Waals surface area contributed by atoms with E-state index in [0.29, 0.717) is 16.2 Å². The van der Waals surface area contributed by atoms with Crippen molar-refractivity contribution in [3.05, 3.63) is 40.8 Å². The van der Waals surface area contributed by atoms with E-state index in [1.54, 1.807) is 23.7 Å². The van der Waals surface area contributed by atoms with Crippen LogP contribution < -0.4 is 5.32 Å². The minimum atomic E-state index is -0.323. The lowest BCUT2D eigenvalue weighted by Crippen LogP contribution is -2.15. The molecule has 0 saturated heterocycles. The predicted molar refractivity (Wildman–Crippen MR) is 84.8 cm³/mol. The summed E-state index contributed by atoms with van der Waals surface area (Å²) < 4.78 is 15.0. The van der Waals surface area contributed by atoms with E-state index in [9.17, 15) is 9.18 Å². The van der Waals surface area contributed by atoms with Crippen LogP contribution in [0.15, 0.2) is 24.3 Å². The van der Waals surface area contributed by atoms with Gasteiger partial charge in [0.15, 0.2) is 0 Å². The first-order valence-electron chi connectivity index (χ1n) is 6.85. The number of carbonyl (C=O) groups is 1. The molecule has 3 aromatic rings. The van der Waals surface area contributed by atoms with Gasteiger partial charge in [0.2, 0.25) is 5.13 Å². The molecule has 0 atom stereocenters. The Labute approximate surface area is 130 Å². The van der Waals surface area contributed by atoms with E-state index in [1.807, 2.05) is 13.8 Å². The van der Waals surface area contributed by atoms with E-state index >= 15 is 0 Å². The molecule has 0 spiro atoms. The summed E-state index contributed by atoms with van der Waals surface area (Å²) in [5.74, 6) is -0.343. The second kappa shape index (κ2) is 5.49. The van der Waals surface area contributed by atoms with Crippen LogP contribution in [0, 0.1) is 5.82 Å². The Kier molecular flexibility index (Phi) is 3.66.